The predicted octanol–water partition coefficient (Wildman–Crippen LogP) is 5.57. The lowest BCUT2D eigenvalue weighted by Crippen LogP contribution is -2.19. The number of carbonyl (C=O) groups is 2. The molecule has 3 rings (SSSR count). The highest BCUT2D eigenvalue weighted by molar-refractivity contribution is 6.08. The first-order chi connectivity index (χ1) is 13.9. The summed E-state index contributed by atoms with van der Waals surface area (Å²) in [5.41, 5.74) is 3.68. The van der Waals surface area contributed by atoms with Gasteiger partial charge < -0.3 is 14.6 Å². The fraction of sp³-hybridized carbons (Fsp3) is 0.333. The van der Waals surface area contributed by atoms with Crippen molar-refractivity contribution in [3.8, 4) is 0 Å². The quantitative estimate of drug-likeness (QED) is 0.535. The number of ether oxygens (including phenoxy) is 1. The monoisotopic (exact) mass is 392 g/mol. The molecule has 0 radical (unpaired) electrons. The summed E-state index contributed by atoms with van der Waals surface area (Å²) in [4.78, 5) is 25.4. The number of unbranched alkanes of at least 4 members (excludes halogenated alkanes) is 1. The number of rotatable bonds is 7. The van der Waals surface area contributed by atoms with Crippen molar-refractivity contribution < 1.29 is 14.3 Å². The van der Waals surface area contributed by atoms with E-state index in [4.69, 9.17) is 4.74 Å². The number of nitrogens with one attached hydrogen (secondary N) is 1. The fourth-order valence-corrected chi connectivity index (χ4v) is 3.51. The molecule has 152 valence electrons. The second kappa shape index (κ2) is 8.95. The predicted molar refractivity (Wildman–Crippen MR) is 117 cm³/mol. The Morgan fingerprint density at radius 3 is 2.59 bits per heavy atom. The minimum Gasteiger partial charge on any atom is -0.459 e. The third-order valence-electron chi connectivity index (χ3n) is 4.87. The number of anilines is 1. The average Bonchev–Trinajstić information content (AvgIpc) is 2.98. The van der Waals surface area contributed by atoms with Crippen LogP contribution in [0.2, 0.25) is 0 Å². The van der Waals surface area contributed by atoms with Crippen LogP contribution in [0.15, 0.2) is 48.5 Å². The summed E-state index contributed by atoms with van der Waals surface area (Å²) in [6.45, 7) is 8.52. The molecule has 0 fully saturated rings. The smallest absolute Gasteiger partial charge is 0.338 e. The molecule has 1 aromatic heterocycles. The normalized spacial score (nSPS) is 11.1. The summed E-state index contributed by atoms with van der Waals surface area (Å²) in [5, 5.41) is 4.04. The number of hydrogen-bond acceptors (Lipinski definition) is 3. The van der Waals surface area contributed by atoms with Gasteiger partial charge in [0.15, 0.2) is 0 Å². The highest BCUT2D eigenvalue weighted by Crippen LogP contribution is 2.27. The van der Waals surface area contributed by atoms with Crippen molar-refractivity contribution in [3.63, 3.8) is 0 Å². The Balaban J connectivity index is 1.92. The lowest BCUT2D eigenvalue weighted by atomic mass is 10.1. The number of esters is 1. The van der Waals surface area contributed by atoms with E-state index in [9.17, 15) is 9.59 Å². The van der Waals surface area contributed by atoms with Crippen LogP contribution in [0.3, 0.4) is 0 Å². The Morgan fingerprint density at radius 1 is 1.10 bits per heavy atom. The molecule has 0 aliphatic heterocycles. The summed E-state index contributed by atoms with van der Waals surface area (Å²) in [7, 11) is 0. The molecule has 0 aliphatic carbocycles. The first kappa shape index (κ1) is 20.6. The minimum absolute atomic E-state index is 0.177. The van der Waals surface area contributed by atoms with Crippen LogP contribution in [0.5, 0.6) is 0 Å². The molecule has 0 bridgehead atoms. The number of fused-ring (bicyclic) bond motifs is 1. The molecule has 29 heavy (non-hydrogen) atoms. The molecule has 0 atom stereocenters. The Morgan fingerprint density at radius 2 is 1.86 bits per heavy atom. The zero-order valence-electron chi connectivity index (χ0n) is 17.5. The highest BCUT2D eigenvalue weighted by Gasteiger charge is 2.20. The molecule has 5 nitrogen and oxygen atoms in total. The van der Waals surface area contributed by atoms with Gasteiger partial charge in [-0.25, -0.2) is 4.79 Å². The fourth-order valence-electron chi connectivity index (χ4n) is 3.51. The SMILES string of the molecule is CCCCn1c(C(=O)Nc2cccc(C(=O)OC(C)C)c2)c(C)c2ccccc21. The van der Waals surface area contributed by atoms with Gasteiger partial charge in [-0.2, -0.15) is 0 Å². The van der Waals surface area contributed by atoms with E-state index in [-0.39, 0.29) is 12.0 Å². The van der Waals surface area contributed by atoms with Crippen LogP contribution in [0, 0.1) is 6.92 Å². The van der Waals surface area contributed by atoms with Crippen molar-refractivity contribution in [1.82, 2.24) is 4.57 Å². The van der Waals surface area contributed by atoms with E-state index in [2.05, 4.69) is 22.9 Å². The third kappa shape index (κ3) is 4.50. The van der Waals surface area contributed by atoms with E-state index in [0.717, 1.165) is 35.9 Å². The molecular weight excluding hydrogens is 364 g/mol. The standard InChI is InChI=1S/C24H28N2O3/c1-5-6-14-26-21-13-8-7-12-20(21)17(4)22(26)23(27)25-19-11-9-10-18(15-19)24(28)29-16(2)3/h7-13,15-16H,5-6,14H2,1-4H3,(H,25,27). The summed E-state index contributed by atoms with van der Waals surface area (Å²) >= 11 is 0. The molecule has 2 aromatic carbocycles. The van der Waals surface area contributed by atoms with Crippen LogP contribution in [0.4, 0.5) is 5.69 Å². The first-order valence-electron chi connectivity index (χ1n) is 10.1. The van der Waals surface area contributed by atoms with Crippen molar-refractivity contribution >= 4 is 28.5 Å². The van der Waals surface area contributed by atoms with Crippen LogP contribution in [0.1, 0.15) is 60.0 Å². The number of aryl methyl sites for hydroxylation is 2. The number of hydrogen-bond donors (Lipinski definition) is 1. The summed E-state index contributed by atoms with van der Waals surface area (Å²) in [6.07, 6.45) is 1.85. The lowest BCUT2D eigenvalue weighted by Gasteiger charge is -2.13. The number of para-hydroxylation sites is 1. The molecule has 0 spiro atoms. The van der Waals surface area contributed by atoms with Gasteiger partial charge in [0, 0.05) is 23.1 Å². The largest absolute Gasteiger partial charge is 0.459 e. The maximum atomic E-state index is 13.2. The molecule has 1 heterocycles. The number of carbonyl (C=O) groups excluding carboxylic acids is 2. The Bertz CT molecular complexity index is 1030. The van der Waals surface area contributed by atoms with Gasteiger partial charge in [-0.05, 0) is 57.0 Å². The maximum absolute atomic E-state index is 13.2. The molecule has 1 N–H and O–H groups in total. The van der Waals surface area contributed by atoms with E-state index in [1.807, 2.05) is 25.1 Å². The highest BCUT2D eigenvalue weighted by atomic mass is 16.5. The Kier molecular flexibility index (Phi) is 6.37. The van der Waals surface area contributed by atoms with Crippen LogP contribution in [-0.2, 0) is 11.3 Å². The maximum Gasteiger partial charge on any atom is 0.338 e. The summed E-state index contributed by atoms with van der Waals surface area (Å²) in [6, 6.07) is 14.9. The Labute approximate surface area is 171 Å². The molecule has 0 aliphatic rings. The van der Waals surface area contributed by atoms with Gasteiger partial charge in [0.05, 0.1) is 11.7 Å². The lowest BCUT2D eigenvalue weighted by molar-refractivity contribution is 0.0377. The van der Waals surface area contributed by atoms with Crippen LogP contribution >= 0.6 is 0 Å². The first-order valence-corrected chi connectivity index (χ1v) is 10.1. The van der Waals surface area contributed by atoms with E-state index >= 15 is 0 Å². The van der Waals surface area contributed by atoms with Gasteiger partial charge in [-0.1, -0.05) is 37.6 Å². The van der Waals surface area contributed by atoms with E-state index in [1.165, 1.54) is 0 Å². The molecule has 5 heteroatoms. The Hall–Kier alpha value is -3.08. The van der Waals surface area contributed by atoms with Crippen molar-refractivity contribution in [2.24, 2.45) is 0 Å². The van der Waals surface area contributed by atoms with Crippen molar-refractivity contribution in [2.45, 2.75) is 53.2 Å². The molecule has 0 saturated carbocycles. The van der Waals surface area contributed by atoms with Gasteiger partial charge in [-0.15, -0.1) is 0 Å². The van der Waals surface area contributed by atoms with E-state index in [1.54, 1.807) is 38.1 Å². The van der Waals surface area contributed by atoms with Gasteiger partial charge in [0.25, 0.3) is 5.91 Å². The molecule has 0 saturated heterocycles. The second-order valence-corrected chi connectivity index (χ2v) is 7.48. The third-order valence-corrected chi connectivity index (χ3v) is 4.87. The molecular formula is C24H28N2O3. The van der Waals surface area contributed by atoms with E-state index < -0.39 is 5.97 Å². The number of amides is 1. The van der Waals surface area contributed by atoms with Crippen molar-refractivity contribution in [1.29, 1.82) is 0 Å². The molecule has 3 aromatic rings. The number of aromatic nitrogens is 1. The van der Waals surface area contributed by atoms with Gasteiger partial charge in [0.1, 0.15) is 5.69 Å². The zero-order valence-corrected chi connectivity index (χ0v) is 17.5. The number of benzene rings is 2. The molecule has 0 unspecified atom stereocenters. The summed E-state index contributed by atoms with van der Waals surface area (Å²) in [5.74, 6) is -0.575. The van der Waals surface area contributed by atoms with Gasteiger partial charge in [-0.3, -0.25) is 4.79 Å². The zero-order chi connectivity index (χ0) is 21.0. The average molecular weight is 392 g/mol. The van der Waals surface area contributed by atoms with Gasteiger partial charge >= 0.3 is 5.97 Å². The van der Waals surface area contributed by atoms with Crippen molar-refractivity contribution in [2.75, 3.05) is 5.32 Å². The van der Waals surface area contributed by atoms with E-state index in [0.29, 0.717) is 16.9 Å². The second-order valence-electron chi connectivity index (χ2n) is 7.48. The number of nitrogens with zero attached hydrogens (tertiary/aromatic N) is 1. The minimum atomic E-state index is -0.399. The van der Waals surface area contributed by atoms with Crippen LogP contribution in [-0.4, -0.2) is 22.5 Å². The van der Waals surface area contributed by atoms with Gasteiger partial charge in [0.2, 0.25) is 0 Å². The van der Waals surface area contributed by atoms with Crippen LogP contribution in [0.25, 0.3) is 10.9 Å². The summed E-state index contributed by atoms with van der Waals surface area (Å²) < 4.78 is 7.35. The topological polar surface area (TPSA) is 60.3 Å². The van der Waals surface area contributed by atoms with Crippen molar-refractivity contribution in [3.05, 3.63) is 65.4 Å². The van der Waals surface area contributed by atoms with Crippen LogP contribution < -0.4 is 5.32 Å². The molecule has 1 amide bonds.